The summed E-state index contributed by atoms with van der Waals surface area (Å²) < 4.78 is 36.5. The first-order chi connectivity index (χ1) is 14.7. The van der Waals surface area contributed by atoms with E-state index in [1.807, 2.05) is 25.1 Å². The standard InChI is InChI=1S/C20H22ClN5O4S.ClH/c1-12-5-7-16(18(9-12)30-3)24-20-22-11-14(21)19(25-20)23-15-8-6-13(29-2)10-17(15)26-31(4,27)28;/h5-11,26H,1-4H3,(H2,22,23,24,25);1H. The number of nitrogens with zero attached hydrogens (tertiary/aromatic N) is 2. The summed E-state index contributed by atoms with van der Waals surface area (Å²) in [5, 5.41) is 6.39. The molecule has 3 aromatic rings. The molecular weight excluding hydrogens is 477 g/mol. The number of methoxy groups -OCH3 is 2. The normalized spacial score (nSPS) is 10.7. The average molecular weight is 500 g/mol. The fourth-order valence-electron chi connectivity index (χ4n) is 2.71. The lowest BCUT2D eigenvalue weighted by molar-refractivity contribution is 0.415. The van der Waals surface area contributed by atoms with Crippen LogP contribution in [0.2, 0.25) is 5.02 Å². The van der Waals surface area contributed by atoms with Crippen LogP contribution in [-0.4, -0.2) is 38.9 Å². The van der Waals surface area contributed by atoms with Gasteiger partial charge in [-0.05, 0) is 36.8 Å². The summed E-state index contributed by atoms with van der Waals surface area (Å²) in [5.41, 5.74) is 2.45. The van der Waals surface area contributed by atoms with Crippen molar-refractivity contribution in [3.63, 3.8) is 0 Å². The number of rotatable bonds is 8. The molecule has 1 aromatic heterocycles. The summed E-state index contributed by atoms with van der Waals surface area (Å²) in [6, 6.07) is 10.6. The number of ether oxygens (including phenoxy) is 2. The Bertz CT molecular complexity index is 1210. The van der Waals surface area contributed by atoms with E-state index in [0.29, 0.717) is 22.9 Å². The van der Waals surface area contributed by atoms with E-state index in [-0.39, 0.29) is 34.9 Å². The molecule has 0 spiro atoms. The Morgan fingerprint density at radius 3 is 2.34 bits per heavy atom. The SMILES string of the molecule is COc1ccc(Nc2nc(Nc3ccc(C)cc3OC)ncc2Cl)c(NS(C)(=O)=O)c1.Cl. The molecule has 0 atom stereocenters. The molecule has 0 amide bonds. The molecule has 0 fully saturated rings. The fourth-order valence-corrected chi connectivity index (χ4v) is 3.41. The lowest BCUT2D eigenvalue weighted by Crippen LogP contribution is -2.11. The zero-order valence-corrected chi connectivity index (χ0v) is 20.2. The first-order valence-electron chi connectivity index (χ1n) is 9.05. The largest absolute Gasteiger partial charge is 0.497 e. The van der Waals surface area contributed by atoms with Crippen LogP contribution in [0.25, 0.3) is 0 Å². The van der Waals surface area contributed by atoms with E-state index in [0.717, 1.165) is 11.8 Å². The van der Waals surface area contributed by atoms with Crippen molar-refractivity contribution >= 4 is 62.9 Å². The van der Waals surface area contributed by atoms with E-state index >= 15 is 0 Å². The molecule has 3 N–H and O–H groups in total. The Labute approximate surface area is 198 Å². The quantitative estimate of drug-likeness (QED) is 0.407. The molecule has 0 saturated carbocycles. The molecule has 0 aliphatic heterocycles. The smallest absolute Gasteiger partial charge is 0.229 e. The minimum Gasteiger partial charge on any atom is -0.497 e. The van der Waals surface area contributed by atoms with Gasteiger partial charge in [0.1, 0.15) is 16.5 Å². The predicted octanol–water partition coefficient (Wildman–Crippen LogP) is 4.74. The fraction of sp³-hybridized carbons (Fsp3) is 0.200. The Hall–Kier alpha value is -2.95. The van der Waals surface area contributed by atoms with Crippen LogP contribution in [0.5, 0.6) is 11.5 Å². The Balaban J connectivity index is 0.00000363. The molecule has 3 rings (SSSR count). The number of nitrogens with one attached hydrogen (secondary N) is 3. The van der Waals surface area contributed by atoms with Gasteiger partial charge in [0.2, 0.25) is 16.0 Å². The zero-order chi connectivity index (χ0) is 22.6. The molecule has 0 saturated heterocycles. The first-order valence-corrected chi connectivity index (χ1v) is 11.3. The molecule has 0 radical (unpaired) electrons. The molecule has 0 aliphatic carbocycles. The highest BCUT2D eigenvalue weighted by Crippen LogP contribution is 2.33. The van der Waals surface area contributed by atoms with Crippen molar-refractivity contribution in [1.29, 1.82) is 0 Å². The second-order valence-corrected chi connectivity index (χ2v) is 8.79. The summed E-state index contributed by atoms with van der Waals surface area (Å²) in [4.78, 5) is 8.61. The number of aromatic nitrogens is 2. The van der Waals surface area contributed by atoms with Gasteiger partial charge < -0.3 is 20.1 Å². The first kappa shape index (κ1) is 25.3. The van der Waals surface area contributed by atoms with Crippen LogP contribution in [0.15, 0.2) is 42.6 Å². The van der Waals surface area contributed by atoms with Crippen LogP contribution in [0.4, 0.5) is 28.8 Å². The third-order valence-electron chi connectivity index (χ3n) is 4.12. The second-order valence-electron chi connectivity index (χ2n) is 6.63. The molecule has 12 heteroatoms. The summed E-state index contributed by atoms with van der Waals surface area (Å²) in [6.45, 7) is 1.96. The molecule has 9 nitrogen and oxygen atoms in total. The number of hydrogen-bond donors (Lipinski definition) is 3. The van der Waals surface area contributed by atoms with Crippen molar-refractivity contribution in [2.45, 2.75) is 6.92 Å². The van der Waals surface area contributed by atoms with Crippen LogP contribution in [-0.2, 0) is 10.0 Å². The van der Waals surface area contributed by atoms with Gasteiger partial charge in [-0.2, -0.15) is 4.98 Å². The van der Waals surface area contributed by atoms with Crippen molar-refractivity contribution < 1.29 is 17.9 Å². The number of aryl methyl sites for hydroxylation is 1. The van der Waals surface area contributed by atoms with Gasteiger partial charge in [-0.25, -0.2) is 13.4 Å². The van der Waals surface area contributed by atoms with Crippen molar-refractivity contribution in [1.82, 2.24) is 9.97 Å². The van der Waals surface area contributed by atoms with Gasteiger partial charge in [-0.15, -0.1) is 12.4 Å². The van der Waals surface area contributed by atoms with Crippen LogP contribution in [0, 0.1) is 6.92 Å². The van der Waals surface area contributed by atoms with Crippen LogP contribution in [0.3, 0.4) is 0 Å². The monoisotopic (exact) mass is 499 g/mol. The molecule has 2 aromatic carbocycles. The van der Waals surface area contributed by atoms with Gasteiger partial charge >= 0.3 is 0 Å². The topological polar surface area (TPSA) is 114 Å². The third-order valence-corrected chi connectivity index (χ3v) is 4.99. The molecule has 0 aliphatic rings. The molecule has 0 unspecified atom stereocenters. The molecule has 32 heavy (non-hydrogen) atoms. The van der Waals surface area contributed by atoms with Crippen LogP contribution in [0.1, 0.15) is 5.56 Å². The molecule has 172 valence electrons. The molecular formula is C20H23Cl2N5O4S. The summed E-state index contributed by atoms with van der Waals surface area (Å²) >= 11 is 6.27. The lowest BCUT2D eigenvalue weighted by Gasteiger charge is -2.15. The maximum atomic E-state index is 11.8. The Morgan fingerprint density at radius 1 is 0.969 bits per heavy atom. The van der Waals surface area contributed by atoms with Gasteiger partial charge in [-0.1, -0.05) is 17.7 Å². The maximum Gasteiger partial charge on any atom is 0.229 e. The van der Waals surface area contributed by atoms with Crippen LogP contribution < -0.4 is 24.8 Å². The van der Waals surface area contributed by atoms with E-state index in [4.69, 9.17) is 21.1 Å². The van der Waals surface area contributed by atoms with E-state index < -0.39 is 10.0 Å². The lowest BCUT2D eigenvalue weighted by atomic mass is 10.2. The second kappa shape index (κ2) is 10.6. The minimum absolute atomic E-state index is 0. The maximum absolute atomic E-state index is 11.8. The van der Waals surface area contributed by atoms with Gasteiger partial charge in [0, 0.05) is 6.07 Å². The Morgan fingerprint density at radius 2 is 1.69 bits per heavy atom. The average Bonchev–Trinajstić information content (AvgIpc) is 2.71. The number of hydrogen-bond acceptors (Lipinski definition) is 8. The van der Waals surface area contributed by atoms with Crippen molar-refractivity contribution in [3.05, 3.63) is 53.2 Å². The summed E-state index contributed by atoms with van der Waals surface area (Å²) in [7, 11) is -0.454. The van der Waals surface area contributed by atoms with E-state index in [9.17, 15) is 8.42 Å². The highest BCUT2D eigenvalue weighted by molar-refractivity contribution is 7.92. The van der Waals surface area contributed by atoms with Crippen molar-refractivity contribution in [2.75, 3.05) is 35.8 Å². The Kier molecular flexibility index (Phi) is 8.37. The molecule has 1 heterocycles. The summed E-state index contributed by atoms with van der Waals surface area (Å²) in [5.74, 6) is 1.69. The van der Waals surface area contributed by atoms with Crippen molar-refractivity contribution in [3.8, 4) is 11.5 Å². The van der Waals surface area contributed by atoms with Gasteiger partial charge in [-0.3, -0.25) is 4.72 Å². The van der Waals surface area contributed by atoms with Gasteiger partial charge in [0.25, 0.3) is 0 Å². The molecule has 0 bridgehead atoms. The van der Waals surface area contributed by atoms with Crippen molar-refractivity contribution in [2.24, 2.45) is 0 Å². The zero-order valence-electron chi connectivity index (χ0n) is 17.8. The number of benzene rings is 2. The van der Waals surface area contributed by atoms with Crippen LogP contribution >= 0.6 is 24.0 Å². The minimum atomic E-state index is -3.52. The predicted molar refractivity (Wildman–Crippen MR) is 130 cm³/mol. The summed E-state index contributed by atoms with van der Waals surface area (Å²) in [6.07, 6.45) is 2.50. The number of anilines is 5. The van der Waals surface area contributed by atoms with E-state index in [1.54, 1.807) is 25.3 Å². The number of halogens is 2. The van der Waals surface area contributed by atoms with E-state index in [1.165, 1.54) is 13.3 Å². The van der Waals surface area contributed by atoms with Gasteiger partial charge in [0.15, 0.2) is 5.82 Å². The van der Waals surface area contributed by atoms with Gasteiger partial charge in [0.05, 0.1) is 43.7 Å². The van der Waals surface area contributed by atoms with E-state index in [2.05, 4.69) is 25.3 Å². The number of sulfonamides is 1. The third kappa shape index (κ3) is 6.52. The highest BCUT2D eigenvalue weighted by atomic mass is 35.5. The highest BCUT2D eigenvalue weighted by Gasteiger charge is 2.13.